The van der Waals surface area contributed by atoms with Crippen molar-refractivity contribution in [3.8, 4) is 0 Å². The zero-order chi connectivity index (χ0) is 19.8. The first kappa shape index (κ1) is 20.1. The molecule has 1 unspecified atom stereocenters. The number of hydrogen-bond acceptors (Lipinski definition) is 5. The number of aliphatic hydroxyl groups excluding tert-OH is 1. The lowest BCUT2D eigenvalue weighted by atomic mass is 9.84. The van der Waals surface area contributed by atoms with Gasteiger partial charge in [0.25, 0.3) is 5.91 Å². The van der Waals surface area contributed by atoms with Crippen molar-refractivity contribution in [3.63, 3.8) is 0 Å². The van der Waals surface area contributed by atoms with E-state index in [-0.39, 0.29) is 12.5 Å². The van der Waals surface area contributed by atoms with Crippen LogP contribution in [0.25, 0.3) is 0 Å². The summed E-state index contributed by atoms with van der Waals surface area (Å²) in [7, 11) is 0. The van der Waals surface area contributed by atoms with Gasteiger partial charge in [-0.2, -0.15) is 0 Å². The number of imide groups is 1. The Kier molecular flexibility index (Phi) is 5.49. The van der Waals surface area contributed by atoms with Gasteiger partial charge in [-0.25, -0.2) is 4.79 Å². The molecule has 148 valence electrons. The van der Waals surface area contributed by atoms with Crippen LogP contribution in [0.1, 0.15) is 32.3 Å². The summed E-state index contributed by atoms with van der Waals surface area (Å²) in [4.78, 5) is 27.2. The van der Waals surface area contributed by atoms with E-state index in [0.717, 1.165) is 10.5 Å². The second kappa shape index (κ2) is 7.39. The van der Waals surface area contributed by atoms with E-state index in [9.17, 15) is 19.8 Å². The number of carbonyl (C=O) groups is 2. The third-order valence-electron chi connectivity index (χ3n) is 5.37. The summed E-state index contributed by atoms with van der Waals surface area (Å²) in [5.74, 6) is -0.331. The van der Waals surface area contributed by atoms with Gasteiger partial charge in [0, 0.05) is 24.7 Å². The van der Waals surface area contributed by atoms with Crippen LogP contribution in [0, 0.1) is 0 Å². The first-order valence-electron chi connectivity index (χ1n) is 9.14. The molecule has 3 rings (SSSR count). The van der Waals surface area contributed by atoms with Gasteiger partial charge in [0.15, 0.2) is 0 Å². The minimum absolute atomic E-state index is 0.0357. The van der Waals surface area contributed by atoms with Crippen LogP contribution in [0.2, 0.25) is 5.02 Å². The van der Waals surface area contributed by atoms with Gasteiger partial charge < -0.3 is 20.4 Å². The van der Waals surface area contributed by atoms with Crippen molar-refractivity contribution in [1.82, 2.24) is 15.1 Å². The molecule has 1 aromatic carbocycles. The van der Waals surface area contributed by atoms with E-state index in [2.05, 4.69) is 5.32 Å². The van der Waals surface area contributed by atoms with Crippen LogP contribution in [-0.2, 0) is 10.4 Å². The second-order valence-electron chi connectivity index (χ2n) is 7.96. The van der Waals surface area contributed by atoms with E-state index < -0.39 is 23.3 Å². The molecule has 0 aromatic heterocycles. The summed E-state index contributed by atoms with van der Waals surface area (Å²) < 4.78 is 0. The Morgan fingerprint density at radius 2 is 1.74 bits per heavy atom. The van der Waals surface area contributed by atoms with E-state index >= 15 is 0 Å². The maximum absolute atomic E-state index is 12.2. The predicted molar refractivity (Wildman–Crippen MR) is 101 cm³/mol. The summed E-state index contributed by atoms with van der Waals surface area (Å²) in [5, 5.41) is 24.5. The minimum Gasteiger partial charge on any atom is -0.390 e. The standard InChI is InChI=1S/C19H26ClN3O4/c1-18(2)16(25)23(17(26)21-18)12-15(24)11-22-9-7-19(27,8-10-22)13-3-5-14(20)6-4-13/h3-6,15,24,27H,7-12H2,1-2H3,(H,21,26). The number of nitrogens with one attached hydrogen (secondary N) is 1. The molecular weight excluding hydrogens is 370 g/mol. The fourth-order valence-corrected chi connectivity index (χ4v) is 3.83. The number of rotatable bonds is 5. The van der Waals surface area contributed by atoms with Crippen molar-refractivity contribution in [2.75, 3.05) is 26.2 Å². The summed E-state index contributed by atoms with van der Waals surface area (Å²) in [6, 6.07) is 6.74. The molecular formula is C19H26ClN3O4. The Morgan fingerprint density at radius 3 is 2.26 bits per heavy atom. The van der Waals surface area contributed by atoms with Crippen molar-refractivity contribution < 1.29 is 19.8 Å². The zero-order valence-electron chi connectivity index (χ0n) is 15.6. The molecule has 2 aliphatic rings. The third-order valence-corrected chi connectivity index (χ3v) is 5.62. The smallest absolute Gasteiger partial charge is 0.325 e. The number of halogens is 1. The quantitative estimate of drug-likeness (QED) is 0.654. The maximum atomic E-state index is 12.2. The van der Waals surface area contributed by atoms with Gasteiger partial charge in [-0.1, -0.05) is 23.7 Å². The normalized spacial score (nSPS) is 23.4. The average molecular weight is 396 g/mol. The number of nitrogens with zero attached hydrogens (tertiary/aromatic N) is 2. The average Bonchev–Trinajstić information content (AvgIpc) is 2.79. The summed E-state index contributed by atoms with van der Waals surface area (Å²) >= 11 is 5.91. The van der Waals surface area contributed by atoms with E-state index in [0.29, 0.717) is 37.5 Å². The van der Waals surface area contributed by atoms with Crippen LogP contribution in [0.3, 0.4) is 0 Å². The Morgan fingerprint density at radius 1 is 1.15 bits per heavy atom. The summed E-state index contributed by atoms with van der Waals surface area (Å²) in [5.41, 5.74) is -0.994. The van der Waals surface area contributed by atoms with E-state index in [1.54, 1.807) is 26.0 Å². The van der Waals surface area contributed by atoms with Gasteiger partial charge in [-0.15, -0.1) is 0 Å². The van der Waals surface area contributed by atoms with Crippen molar-refractivity contribution in [2.45, 2.75) is 43.9 Å². The number of urea groups is 1. The first-order chi connectivity index (χ1) is 12.6. The van der Waals surface area contributed by atoms with Crippen molar-refractivity contribution in [1.29, 1.82) is 0 Å². The predicted octanol–water partition coefficient (Wildman–Crippen LogP) is 1.31. The molecule has 0 bridgehead atoms. The molecule has 8 heteroatoms. The molecule has 2 aliphatic heterocycles. The van der Waals surface area contributed by atoms with Crippen LogP contribution in [0.4, 0.5) is 4.79 Å². The topological polar surface area (TPSA) is 93.1 Å². The van der Waals surface area contributed by atoms with Crippen molar-refractivity contribution in [3.05, 3.63) is 34.9 Å². The van der Waals surface area contributed by atoms with Gasteiger partial charge in [-0.05, 0) is 44.4 Å². The van der Waals surface area contributed by atoms with Crippen LogP contribution in [0.15, 0.2) is 24.3 Å². The lowest BCUT2D eigenvalue weighted by Crippen LogP contribution is -2.48. The monoisotopic (exact) mass is 395 g/mol. The van der Waals surface area contributed by atoms with E-state index in [1.165, 1.54) is 0 Å². The Labute approximate surface area is 163 Å². The van der Waals surface area contributed by atoms with E-state index in [4.69, 9.17) is 11.6 Å². The largest absolute Gasteiger partial charge is 0.390 e. The number of β-amino-alcohol motifs (C(OH)–C–C–N with tert-alkyl or cyclic N) is 1. The molecule has 1 aromatic rings. The van der Waals surface area contributed by atoms with Crippen LogP contribution < -0.4 is 5.32 Å². The molecule has 0 saturated carbocycles. The van der Waals surface area contributed by atoms with Gasteiger partial charge in [-0.3, -0.25) is 9.69 Å². The van der Waals surface area contributed by atoms with Crippen LogP contribution >= 0.6 is 11.6 Å². The van der Waals surface area contributed by atoms with Gasteiger partial charge in [0.1, 0.15) is 5.54 Å². The van der Waals surface area contributed by atoms with Crippen LogP contribution in [0.5, 0.6) is 0 Å². The molecule has 0 aliphatic carbocycles. The lowest BCUT2D eigenvalue weighted by molar-refractivity contribution is -0.131. The number of piperidine rings is 1. The maximum Gasteiger partial charge on any atom is 0.325 e. The minimum atomic E-state index is -0.934. The van der Waals surface area contributed by atoms with Crippen molar-refractivity contribution >= 4 is 23.5 Å². The molecule has 2 saturated heterocycles. The molecule has 27 heavy (non-hydrogen) atoms. The Bertz CT molecular complexity index is 714. The van der Waals surface area contributed by atoms with Crippen molar-refractivity contribution in [2.24, 2.45) is 0 Å². The number of carbonyl (C=O) groups excluding carboxylic acids is 2. The molecule has 0 radical (unpaired) electrons. The number of benzene rings is 1. The summed E-state index contributed by atoms with van der Waals surface area (Å²) in [6.45, 7) is 4.81. The highest BCUT2D eigenvalue weighted by Gasteiger charge is 2.45. The molecule has 2 heterocycles. The SMILES string of the molecule is CC1(C)NC(=O)N(CC(O)CN2CCC(O)(c3ccc(Cl)cc3)CC2)C1=O. The fraction of sp³-hybridized carbons (Fsp3) is 0.579. The molecule has 1 atom stereocenters. The highest BCUT2D eigenvalue weighted by Crippen LogP contribution is 2.33. The number of likely N-dealkylation sites (tertiary alicyclic amines) is 1. The number of aliphatic hydroxyl groups is 2. The zero-order valence-corrected chi connectivity index (χ0v) is 16.4. The Balaban J connectivity index is 1.52. The Hall–Kier alpha value is -1.67. The molecule has 3 N–H and O–H groups in total. The molecule has 7 nitrogen and oxygen atoms in total. The highest BCUT2D eigenvalue weighted by atomic mass is 35.5. The molecule has 3 amide bonds. The molecule has 2 fully saturated rings. The molecule has 0 spiro atoms. The fourth-order valence-electron chi connectivity index (χ4n) is 3.70. The summed E-state index contributed by atoms with van der Waals surface area (Å²) in [6.07, 6.45) is 0.241. The second-order valence-corrected chi connectivity index (χ2v) is 8.40. The third kappa shape index (κ3) is 4.27. The number of hydrogen-bond donors (Lipinski definition) is 3. The lowest BCUT2D eigenvalue weighted by Gasteiger charge is -2.39. The van der Waals surface area contributed by atoms with Crippen LogP contribution in [-0.4, -0.2) is 69.8 Å². The van der Waals surface area contributed by atoms with Gasteiger partial charge >= 0.3 is 6.03 Å². The highest BCUT2D eigenvalue weighted by molar-refractivity contribution is 6.30. The van der Waals surface area contributed by atoms with E-state index in [1.807, 2.05) is 17.0 Å². The first-order valence-corrected chi connectivity index (χ1v) is 9.51. The van der Waals surface area contributed by atoms with Gasteiger partial charge in [0.2, 0.25) is 0 Å². The van der Waals surface area contributed by atoms with Gasteiger partial charge in [0.05, 0.1) is 18.2 Å². The number of amides is 3.